The number of likely N-dealkylation sites (tertiary alicyclic amines) is 1. The van der Waals surface area contributed by atoms with E-state index in [9.17, 15) is 4.79 Å². The number of aryl methyl sites for hydroxylation is 1. The molecular weight excluding hydrogens is 332 g/mol. The Kier molecular flexibility index (Phi) is 5.25. The van der Waals surface area contributed by atoms with Gasteiger partial charge in [0.25, 0.3) is 5.91 Å². The second-order valence-electron chi connectivity index (χ2n) is 5.68. The van der Waals surface area contributed by atoms with E-state index < -0.39 is 0 Å². The molecule has 1 atom stereocenters. The minimum absolute atomic E-state index is 0.0938. The summed E-state index contributed by atoms with van der Waals surface area (Å²) in [4.78, 5) is 15.3. The number of nitrogens with zero attached hydrogens (tertiary/aromatic N) is 3. The van der Waals surface area contributed by atoms with Crippen LogP contribution in [0.25, 0.3) is 0 Å². The third kappa shape index (κ3) is 3.71. The molecule has 2 heterocycles. The maximum absolute atomic E-state index is 12.3. The van der Waals surface area contributed by atoms with E-state index in [1.807, 2.05) is 24.3 Å². The van der Waals surface area contributed by atoms with Gasteiger partial charge in [-0.25, -0.2) is 0 Å². The smallest absolute Gasteiger partial charge is 0.265 e. The quantitative estimate of drug-likeness (QED) is 0.900. The molecule has 5 nitrogen and oxygen atoms in total. The predicted molar refractivity (Wildman–Crippen MR) is 92.0 cm³/mol. The van der Waals surface area contributed by atoms with Crippen molar-refractivity contribution in [2.75, 3.05) is 19.6 Å². The molecule has 122 valence electrons. The molecule has 1 fully saturated rings. The maximum atomic E-state index is 12.3. The highest BCUT2D eigenvalue weighted by Gasteiger charge is 2.26. The van der Waals surface area contributed by atoms with Gasteiger partial charge in [-0.2, -0.15) is 0 Å². The Bertz CT molecular complexity index is 684. The van der Waals surface area contributed by atoms with Crippen molar-refractivity contribution in [1.82, 2.24) is 19.8 Å². The first kappa shape index (κ1) is 16.4. The number of carbonyl (C=O) groups excluding carboxylic acids is 1. The van der Waals surface area contributed by atoms with E-state index in [0.717, 1.165) is 35.2 Å². The van der Waals surface area contributed by atoms with E-state index in [2.05, 4.69) is 19.8 Å². The number of aromatic nitrogens is 2. The van der Waals surface area contributed by atoms with Gasteiger partial charge in [-0.3, -0.25) is 9.69 Å². The van der Waals surface area contributed by atoms with Gasteiger partial charge in [-0.1, -0.05) is 34.3 Å². The van der Waals surface area contributed by atoms with E-state index in [4.69, 9.17) is 11.6 Å². The number of hydrogen-bond donors (Lipinski definition) is 1. The third-order valence-corrected chi connectivity index (χ3v) is 5.33. The first-order valence-corrected chi connectivity index (χ1v) is 8.87. The standard InChI is InChI=1S/C16H19ClN4OS/c1-11-15(23-20-19-11)16(22)18-10-14(21-8-4-5-9-21)12-6-2-3-7-13(12)17/h2-3,6-7,14H,4-5,8-10H2,1H3,(H,18,22)/t14-/m0/s1. The molecule has 0 unspecified atom stereocenters. The van der Waals surface area contributed by atoms with Crippen molar-refractivity contribution in [3.8, 4) is 0 Å². The fourth-order valence-electron chi connectivity index (χ4n) is 2.94. The van der Waals surface area contributed by atoms with Gasteiger partial charge >= 0.3 is 0 Å². The molecule has 0 bridgehead atoms. The Morgan fingerprint density at radius 2 is 2.13 bits per heavy atom. The first-order chi connectivity index (χ1) is 11.2. The largest absolute Gasteiger partial charge is 0.349 e. The van der Waals surface area contributed by atoms with Crippen LogP contribution in [0.15, 0.2) is 24.3 Å². The zero-order valence-electron chi connectivity index (χ0n) is 13.0. The van der Waals surface area contributed by atoms with Crippen LogP contribution >= 0.6 is 23.1 Å². The molecule has 1 N–H and O–H groups in total. The number of nitrogens with one attached hydrogen (secondary N) is 1. The monoisotopic (exact) mass is 350 g/mol. The van der Waals surface area contributed by atoms with Crippen LogP contribution in [-0.2, 0) is 0 Å². The van der Waals surface area contributed by atoms with Crippen LogP contribution in [0.5, 0.6) is 0 Å². The van der Waals surface area contributed by atoms with Crippen LogP contribution in [0.2, 0.25) is 5.02 Å². The van der Waals surface area contributed by atoms with Crippen LogP contribution in [0.3, 0.4) is 0 Å². The van der Waals surface area contributed by atoms with Crippen molar-refractivity contribution < 1.29 is 4.79 Å². The summed E-state index contributed by atoms with van der Waals surface area (Å²) >= 11 is 7.51. The summed E-state index contributed by atoms with van der Waals surface area (Å²) in [6.45, 7) is 4.39. The predicted octanol–water partition coefficient (Wildman–Crippen LogP) is 3.07. The second kappa shape index (κ2) is 7.38. The molecule has 1 aromatic heterocycles. The summed E-state index contributed by atoms with van der Waals surface area (Å²) < 4.78 is 3.82. The highest BCUT2D eigenvalue weighted by atomic mass is 35.5. The van der Waals surface area contributed by atoms with Crippen molar-refractivity contribution in [2.24, 2.45) is 0 Å². The van der Waals surface area contributed by atoms with Gasteiger partial charge in [0.1, 0.15) is 4.88 Å². The fourth-order valence-corrected chi connectivity index (χ4v) is 3.78. The minimum atomic E-state index is -0.117. The molecule has 1 aromatic carbocycles. The molecule has 3 rings (SSSR count). The number of rotatable bonds is 5. The van der Waals surface area contributed by atoms with E-state index in [-0.39, 0.29) is 11.9 Å². The molecule has 0 aliphatic carbocycles. The molecule has 0 radical (unpaired) electrons. The lowest BCUT2D eigenvalue weighted by Gasteiger charge is -2.28. The average Bonchev–Trinajstić information content (AvgIpc) is 3.20. The van der Waals surface area contributed by atoms with Crippen LogP contribution < -0.4 is 5.32 Å². The molecule has 23 heavy (non-hydrogen) atoms. The number of amides is 1. The van der Waals surface area contributed by atoms with Gasteiger partial charge in [-0.05, 0) is 56.0 Å². The van der Waals surface area contributed by atoms with Crippen LogP contribution in [0, 0.1) is 6.92 Å². The number of carbonyl (C=O) groups is 1. The van der Waals surface area contributed by atoms with Gasteiger partial charge in [0.15, 0.2) is 0 Å². The Morgan fingerprint density at radius 3 is 2.78 bits per heavy atom. The van der Waals surface area contributed by atoms with Crippen molar-refractivity contribution in [1.29, 1.82) is 0 Å². The molecule has 2 aromatic rings. The number of benzene rings is 1. The number of hydrogen-bond acceptors (Lipinski definition) is 5. The Hall–Kier alpha value is -1.50. The van der Waals surface area contributed by atoms with E-state index >= 15 is 0 Å². The van der Waals surface area contributed by atoms with E-state index in [0.29, 0.717) is 17.1 Å². The Balaban J connectivity index is 1.75. The molecule has 1 aliphatic rings. The minimum Gasteiger partial charge on any atom is -0.349 e. The molecule has 1 amide bonds. The highest BCUT2D eigenvalue weighted by Crippen LogP contribution is 2.29. The van der Waals surface area contributed by atoms with Gasteiger partial charge in [-0.15, -0.1) is 5.10 Å². The maximum Gasteiger partial charge on any atom is 0.265 e. The molecule has 1 saturated heterocycles. The summed E-state index contributed by atoms with van der Waals surface area (Å²) in [6.07, 6.45) is 2.37. The van der Waals surface area contributed by atoms with Crippen LogP contribution in [0.4, 0.5) is 0 Å². The molecular formula is C16H19ClN4OS. The summed E-state index contributed by atoms with van der Waals surface area (Å²) in [5.74, 6) is -0.117. The van der Waals surface area contributed by atoms with Crippen molar-refractivity contribution in [3.05, 3.63) is 45.4 Å². The molecule has 1 aliphatic heterocycles. The normalized spacial score (nSPS) is 16.4. The van der Waals surface area contributed by atoms with Crippen molar-refractivity contribution in [2.45, 2.75) is 25.8 Å². The lowest BCUT2D eigenvalue weighted by molar-refractivity contribution is 0.0941. The molecule has 0 spiro atoms. The first-order valence-electron chi connectivity index (χ1n) is 7.72. The van der Waals surface area contributed by atoms with Gasteiger partial charge < -0.3 is 5.32 Å². The summed E-state index contributed by atoms with van der Waals surface area (Å²) in [5, 5.41) is 7.66. The van der Waals surface area contributed by atoms with Gasteiger partial charge in [0.2, 0.25) is 0 Å². The summed E-state index contributed by atoms with van der Waals surface area (Å²) in [5.41, 5.74) is 1.73. The molecule has 0 saturated carbocycles. The average molecular weight is 351 g/mol. The van der Waals surface area contributed by atoms with Crippen LogP contribution in [-0.4, -0.2) is 40.0 Å². The fraction of sp³-hybridized carbons (Fsp3) is 0.438. The molecule has 7 heteroatoms. The summed E-state index contributed by atoms with van der Waals surface area (Å²) in [7, 11) is 0. The van der Waals surface area contributed by atoms with Crippen molar-refractivity contribution in [3.63, 3.8) is 0 Å². The zero-order chi connectivity index (χ0) is 16.2. The second-order valence-corrected chi connectivity index (χ2v) is 6.84. The van der Waals surface area contributed by atoms with E-state index in [1.165, 1.54) is 12.8 Å². The highest BCUT2D eigenvalue weighted by molar-refractivity contribution is 7.07. The SMILES string of the molecule is Cc1nnsc1C(=O)NC[C@@H](c1ccccc1Cl)N1CCCC1. The topological polar surface area (TPSA) is 58.1 Å². The van der Waals surface area contributed by atoms with Crippen molar-refractivity contribution >= 4 is 29.0 Å². The third-order valence-electron chi connectivity index (χ3n) is 4.16. The van der Waals surface area contributed by atoms with Gasteiger partial charge in [0, 0.05) is 11.6 Å². The lowest BCUT2D eigenvalue weighted by atomic mass is 10.1. The Labute approximate surface area is 144 Å². The van der Waals surface area contributed by atoms with Crippen LogP contribution in [0.1, 0.15) is 39.8 Å². The Morgan fingerprint density at radius 1 is 1.39 bits per heavy atom. The summed E-state index contributed by atoms with van der Waals surface area (Å²) in [6, 6.07) is 7.95. The van der Waals surface area contributed by atoms with Gasteiger partial charge in [0.05, 0.1) is 11.7 Å². The number of halogens is 1. The zero-order valence-corrected chi connectivity index (χ0v) is 14.5. The lowest BCUT2D eigenvalue weighted by Crippen LogP contribution is -2.36. The van der Waals surface area contributed by atoms with E-state index in [1.54, 1.807) is 6.92 Å².